The molecule has 3 N–H and O–H groups in total. The molecule has 3 unspecified atom stereocenters. The second-order valence-electron chi connectivity index (χ2n) is 29.3. The lowest BCUT2D eigenvalue weighted by molar-refractivity contribution is -0.161. The predicted molar refractivity (Wildman–Crippen MR) is 395 cm³/mol. The number of ether oxygens (including phenoxy) is 4. The molecule has 0 aromatic heterocycles. The van der Waals surface area contributed by atoms with Crippen molar-refractivity contribution in [2.75, 3.05) is 39.6 Å². The van der Waals surface area contributed by atoms with E-state index in [9.17, 15) is 43.2 Å². The zero-order valence-corrected chi connectivity index (χ0v) is 65.3. The van der Waals surface area contributed by atoms with Crippen molar-refractivity contribution < 1.29 is 80.2 Å². The van der Waals surface area contributed by atoms with Crippen LogP contribution >= 0.6 is 15.6 Å². The van der Waals surface area contributed by atoms with Crippen LogP contribution in [0.25, 0.3) is 0 Å². The van der Waals surface area contributed by atoms with Gasteiger partial charge in [0.05, 0.1) is 26.4 Å². The standard InChI is InChI=1S/C78H152O17P2/c1-8-10-11-12-13-14-15-16-23-31-38-45-52-59-75(80)88-66-74(95-78(83)62-55-48-41-34-27-26-30-37-44-51-58-71(7)9-2)68-93-97(86,87)91-64-72(79)63-90-96(84,85)92-67-73(94-77(82)61-54-47-40-33-25-20-18-22-29-36-43-50-57-70(5)6)65-89-76(81)60-53-46-39-32-24-19-17-21-28-35-42-49-56-69(3)4/h69-74,79H,8-68H2,1-7H3,(H,84,85)(H,86,87)/t71?,72-,73-,74-/m1/s1. The van der Waals surface area contributed by atoms with Crippen LogP contribution < -0.4 is 0 Å². The Morgan fingerprint density at radius 3 is 0.784 bits per heavy atom. The van der Waals surface area contributed by atoms with Gasteiger partial charge in [-0.2, -0.15) is 0 Å². The van der Waals surface area contributed by atoms with E-state index in [1.165, 1.54) is 212 Å². The van der Waals surface area contributed by atoms with Crippen molar-refractivity contribution in [1.29, 1.82) is 0 Å². The van der Waals surface area contributed by atoms with Gasteiger partial charge in [0.1, 0.15) is 19.3 Å². The molecule has 97 heavy (non-hydrogen) atoms. The zero-order chi connectivity index (χ0) is 71.6. The van der Waals surface area contributed by atoms with Crippen molar-refractivity contribution in [2.24, 2.45) is 17.8 Å². The second-order valence-corrected chi connectivity index (χ2v) is 32.2. The molecule has 0 aromatic carbocycles. The summed E-state index contributed by atoms with van der Waals surface area (Å²) in [7, 11) is -9.92. The average molecular weight is 1420 g/mol. The minimum absolute atomic E-state index is 0.107. The average Bonchev–Trinajstić information content (AvgIpc) is 2.02. The van der Waals surface area contributed by atoms with Crippen LogP contribution in [0.5, 0.6) is 0 Å². The molecule has 0 heterocycles. The number of unbranched alkanes of at least 4 members (excludes halogenated alkanes) is 43. The molecule has 0 aliphatic rings. The van der Waals surface area contributed by atoms with E-state index < -0.39 is 97.5 Å². The first-order chi connectivity index (χ1) is 46.8. The fourth-order valence-corrected chi connectivity index (χ4v) is 13.5. The molecule has 0 bridgehead atoms. The molecule has 0 saturated carbocycles. The van der Waals surface area contributed by atoms with Gasteiger partial charge in [0.2, 0.25) is 0 Å². The topological polar surface area (TPSA) is 237 Å². The monoisotopic (exact) mass is 1420 g/mol. The summed E-state index contributed by atoms with van der Waals surface area (Å²) in [6, 6.07) is 0. The van der Waals surface area contributed by atoms with Crippen LogP contribution in [0.1, 0.15) is 402 Å². The van der Waals surface area contributed by atoms with Gasteiger partial charge >= 0.3 is 39.5 Å². The highest BCUT2D eigenvalue weighted by Gasteiger charge is 2.30. The Morgan fingerprint density at radius 2 is 0.526 bits per heavy atom. The highest BCUT2D eigenvalue weighted by molar-refractivity contribution is 7.47. The van der Waals surface area contributed by atoms with E-state index >= 15 is 0 Å². The molecule has 0 aromatic rings. The minimum atomic E-state index is -4.96. The quantitative estimate of drug-likeness (QED) is 0.0222. The number of rotatable bonds is 76. The number of hydrogen-bond donors (Lipinski definition) is 3. The van der Waals surface area contributed by atoms with E-state index in [-0.39, 0.29) is 25.7 Å². The van der Waals surface area contributed by atoms with E-state index in [0.29, 0.717) is 25.7 Å². The maximum atomic E-state index is 13.1. The van der Waals surface area contributed by atoms with Crippen LogP contribution in [0.2, 0.25) is 0 Å². The summed E-state index contributed by atoms with van der Waals surface area (Å²) in [5.41, 5.74) is 0. The van der Waals surface area contributed by atoms with Crippen LogP contribution in [-0.4, -0.2) is 96.7 Å². The Hall–Kier alpha value is -1.94. The molecular formula is C78H152O17P2. The first-order valence-electron chi connectivity index (χ1n) is 40.4. The minimum Gasteiger partial charge on any atom is -0.462 e. The van der Waals surface area contributed by atoms with Crippen molar-refractivity contribution in [2.45, 2.75) is 420 Å². The summed E-state index contributed by atoms with van der Waals surface area (Å²) >= 11 is 0. The van der Waals surface area contributed by atoms with E-state index in [2.05, 4.69) is 48.5 Å². The van der Waals surface area contributed by atoms with Crippen LogP contribution in [0.3, 0.4) is 0 Å². The third-order valence-corrected chi connectivity index (χ3v) is 20.4. The highest BCUT2D eigenvalue weighted by atomic mass is 31.2. The van der Waals surface area contributed by atoms with Gasteiger partial charge in [-0.25, -0.2) is 9.13 Å². The van der Waals surface area contributed by atoms with E-state index in [1.54, 1.807) is 0 Å². The number of esters is 4. The smallest absolute Gasteiger partial charge is 0.462 e. The Morgan fingerprint density at radius 1 is 0.299 bits per heavy atom. The number of carbonyl (C=O) groups is 4. The largest absolute Gasteiger partial charge is 0.472 e. The van der Waals surface area contributed by atoms with Crippen molar-refractivity contribution in [3.63, 3.8) is 0 Å². The Bertz CT molecular complexity index is 1890. The lowest BCUT2D eigenvalue weighted by Crippen LogP contribution is -2.30. The Balaban J connectivity index is 5.28. The molecule has 0 saturated heterocycles. The molecule has 0 aliphatic carbocycles. The predicted octanol–water partition coefficient (Wildman–Crippen LogP) is 23.0. The summed E-state index contributed by atoms with van der Waals surface area (Å²) in [5, 5.41) is 10.6. The maximum absolute atomic E-state index is 13.1. The third kappa shape index (κ3) is 70.9. The molecule has 17 nitrogen and oxygen atoms in total. The second kappa shape index (κ2) is 68.5. The van der Waals surface area contributed by atoms with Crippen molar-refractivity contribution in [3.05, 3.63) is 0 Å². The number of aliphatic hydroxyl groups is 1. The highest BCUT2D eigenvalue weighted by Crippen LogP contribution is 2.45. The van der Waals surface area contributed by atoms with Crippen molar-refractivity contribution in [3.8, 4) is 0 Å². The van der Waals surface area contributed by atoms with E-state index in [0.717, 1.165) is 108 Å². The van der Waals surface area contributed by atoms with Crippen molar-refractivity contribution >= 4 is 39.5 Å². The number of hydrogen-bond acceptors (Lipinski definition) is 15. The summed E-state index contributed by atoms with van der Waals surface area (Å²) in [6.45, 7) is 12.0. The normalized spacial score (nSPS) is 14.3. The first kappa shape index (κ1) is 95.1. The third-order valence-electron chi connectivity index (χ3n) is 18.5. The fourth-order valence-electron chi connectivity index (χ4n) is 11.9. The van der Waals surface area contributed by atoms with Crippen LogP contribution in [0.15, 0.2) is 0 Å². The lowest BCUT2D eigenvalue weighted by Gasteiger charge is -2.21. The Labute approximate surface area is 594 Å². The van der Waals surface area contributed by atoms with Gasteiger partial charge in [-0.05, 0) is 43.4 Å². The first-order valence-corrected chi connectivity index (χ1v) is 43.4. The maximum Gasteiger partial charge on any atom is 0.472 e. The number of aliphatic hydroxyl groups excluding tert-OH is 1. The van der Waals surface area contributed by atoms with Crippen LogP contribution in [0, 0.1) is 17.8 Å². The fraction of sp³-hybridized carbons (Fsp3) is 0.949. The van der Waals surface area contributed by atoms with E-state index in [4.69, 9.17) is 37.0 Å². The SMILES string of the molecule is CCCCCCCCCCCCCCCC(=O)OC[C@H](COP(=O)(O)OC[C@H](O)COP(=O)(O)OC[C@@H](COC(=O)CCCCCCCCCCCCCCC(C)C)OC(=O)CCCCCCCCCCCCCCC(C)C)OC(=O)CCCCCCCCCCCCC(C)CC. The molecule has 576 valence electrons. The summed E-state index contributed by atoms with van der Waals surface area (Å²) in [5.74, 6) is 0.249. The van der Waals surface area contributed by atoms with Crippen LogP contribution in [-0.2, 0) is 65.4 Å². The van der Waals surface area contributed by atoms with Crippen molar-refractivity contribution in [1.82, 2.24) is 0 Å². The molecule has 0 spiro atoms. The molecular weight excluding hydrogens is 1270 g/mol. The molecule has 19 heteroatoms. The lowest BCUT2D eigenvalue weighted by atomic mass is 9.99. The molecule has 0 rings (SSSR count). The van der Waals surface area contributed by atoms with Gasteiger partial charge < -0.3 is 33.8 Å². The van der Waals surface area contributed by atoms with Gasteiger partial charge in [-0.3, -0.25) is 37.3 Å². The van der Waals surface area contributed by atoms with Gasteiger partial charge in [0.15, 0.2) is 12.2 Å². The molecule has 0 radical (unpaired) electrons. The molecule has 0 amide bonds. The van der Waals surface area contributed by atoms with E-state index in [1.807, 2.05) is 0 Å². The molecule has 0 aliphatic heterocycles. The number of phosphoric ester groups is 2. The molecule has 0 fully saturated rings. The van der Waals surface area contributed by atoms with Gasteiger partial charge in [-0.1, -0.05) is 350 Å². The van der Waals surface area contributed by atoms with Gasteiger partial charge in [-0.15, -0.1) is 0 Å². The van der Waals surface area contributed by atoms with Gasteiger partial charge in [0, 0.05) is 25.7 Å². The number of phosphoric acid groups is 2. The zero-order valence-electron chi connectivity index (χ0n) is 63.5. The summed E-state index contributed by atoms with van der Waals surface area (Å²) in [6.07, 6.45) is 55.2. The van der Waals surface area contributed by atoms with Gasteiger partial charge in [0.25, 0.3) is 0 Å². The van der Waals surface area contributed by atoms with Crippen LogP contribution in [0.4, 0.5) is 0 Å². The number of carbonyl (C=O) groups excluding carboxylic acids is 4. The summed E-state index contributed by atoms with van der Waals surface area (Å²) < 4.78 is 68.7. The summed E-state index contributed by atoms with van der Waals surface area (Å²) in [4.78, 5) is 73.0. The molecule has 6 atom stereocenters. The Kier molecular flexibility index (Phi) is 67.1.